The predicted molar refractivity (Wildman–Crippen MR) is 126 cm³/mol. The van der Waals surface area contributed by atoms with Gasteiger partial charge in [-0.1, -0.05) is 17.7 Å². The van der Waals surface area contributed by atoms with Crippen LogP contribution in [0.15, 0.2) is 45.3 Å². The van der Waals surface area contributed by atoms with E-state index < -0.39 is 0 Å². The Balaban J connectivity index is 0.00000280. The lowest BCUT2D eigenvalue weighted by Gasteiger charge is -2.10. The number of guanidine groups is 1. The van der Waals surface area contributed by atoms with Gasteiger partial charge < -0.3 is 15.1 Å². The summed E-state index contributed by atoms with van der Waals surface area (Å²) in [5.74, 6) is 1.44. The number of rotatable bonds is 7. The molecule has 0 atom stereocenters. The molecule has 0 radical (unpaired) electrons. The molecule has 0 saturated carbocycles. The molecule has 0 fully saturated rings. The molecular weight excluding hydrogens is 485 g/mol. The summed E-state index contributed by atoms with van der Waals surface area (Å²) in [6.07, 6.45) is 3.37. The van der Waals surface area contributed by atoms with E-state index in [9.17, 15) is 0 Å². The van der Waals surface area contributed by atoms with E-state index in [4.69, 9.17) is 4.42 Å². The maximum atomic E-state index is 5.60. The lowest BCUT2D eigenvalue weighted by Crippen LogP contribution is -2.39. The maximum absolute atomic E-state index is 5.60. The van der Waals surface area contributed by atoms with Crippen molar-refractivity contribution in [1.29, 1.82) is 0 Å². The van der Waals surface area contributed by atoms with Crippen LogP contribution >= 0.6 is 35.3 Å². The minimum atomic E-state index is 0. The van der Waals surface area contributed by atoms with Crippen LogP contribution in [0.2, 0.25) is 0 Å². The van der Waals surface area contributed by atoms with Crippen LogP contribution < -0.4 is 10.6 Å². The molecule has 8 heteroatoms. The van der Waals surface area contributed by atoms with Gasteiger partial charge >= 0.3 is 0 Å². The smallest absolute Gasteiger partial charge is 0.226 e. The maximum Gasteiger partial charge on any atom is 0.226 e. The van der Waals surface area contributed by atoms with E-state index in [-0.39, 0.29) is 24.0 Å². The van der Waals surface area contributed by atoms with Gasteiger partial charge in [0.1, 0.15) is 6.26 Å². The number of aromatic nitrogens is 2. The van der Waals surface area contributed by atoms with E-state index in [2.05, 4.69) is 50.0 Å². The molecule has 0 aliphatic carbocycles. The molecule has 3 rings (SSSR count). The zero-order chi connectivity index (χ0) is 19.1. The predicted octanol–water partition coefficient (Wildman–Crippen LogP) is 3.98. The standard InChI is InChI=1S/C20H25N5OS.HI/c1-14-4-6-16(7-5-14)19-25-17(12-26-19)8-10-22-20(21-3)23-11-9-18-13-27-15(2)24-18;/h4-7,12-13H,8-11H2,1-3H3,(H2,21,22,23);1H. The van der Waals surface area contributed by atoms with Crippen molar-refractivity contribution in [2.75, 3.05) is 20.1 Å². The van der Waals surface area contributed by atoms with E-state index in [1.54, 1.807) is 24.6 Å². The van der Waals surface area contributed by atoms with Gasteiger partial charge in [0.15, 0.2) is 5.96 Å². The lowest BCUT2D eigenvalue weighted by molar-refractivity contribution is 0.572. The van der Waals surface area contributed by atoms with Crippen molar-refractivity contribution >= 4 is 41.3 Å². The number of hydrogen-bond donors (Lipinski definition) is 2. The third-order valence-corrected chi connectivity index (χ3v) is 4.91. The molecule has 0 spiro atoms. The van der Waals surface area contributed by atoms with Gasteiger partial charge in [-0.3, -0.25) is 4.99 Å². The van der Waals surface area contributed by atoms with Crippen molar-refractivity contribution in [3.63, 3.8) is 0 Å². The highest BCUT2D eigenvalue weighted by atomic mass is 127. The van der Waals surface area contributed by atoms with Gasteiger partial charge in [-0.15, -0.1) is 35.3 Å². The van der Waals surface area contributed by atoms with E-state index in [1.165, 1.54) is 5.56 Å². The van der Waals surface area contributed by atoms with Crippen molar-refractivity contribution in [3.05, 3.63) is 57.9 Å². The SMILES string of the molecule is CN=C(NCCc1coc(-c2ccc(C)cc2)n1)NCCc1csc(C)n1.I. The van der Waals surface area contributed by atoms with Crippen molar-refractivity contribution in [3.8, 4) is 11.5 Å². The average molecular weight is 511 g/mol. The second kappa shape index (κ2) is 11.2. The summed E-state index contributed by atoms with van der Waals surface area (Å²) in [7, 11) is 1.77. The molecule has 28 heavy (non-hydrogen) atoms. The highest BCUT2D eigenvalue weighted by Gasteiger charge is 2.07. The lowest BCUT2D eigenvalue weighted by atomic mass is 10.1. The molecule has 3 aromatic rings. The molecule has 0 saturated heterocycles. The highest BCUT2D eigenvalue weighted by molar-refractivity contribution is 14.0. The number of benzene rings is 1. The summed E-state index contributed by atoms with van der Waals surface area (Å²) < 4.78 is 5.60. The van der Waals surface area contributed by atoms with E-state index in [0.717, 1.165) is 53.8 Å². The normalized spacial score (nSPS) is 11.2. The first-order valence-corrected chi connectivity index (χ1v) is 9.89. The third kappa shape index (κ3) is 6.59. The van der Waals surface area contributed by atoms with Gasteiger partial charge in [0.2, 0.25) is 5.89 Å². The third-order valence-electron chi connectivity index (χ3n) is 4.09. The Labute approximate surface area is 186 Å². The summed E-state index contributed by atoms with van der Waals surface area (Å²) in [6.45, 7) is 5.62. The number of aliphatic imine (C=N–C) groups is 1. The van der Waals surface area contributed by atoms with Crippen LogP contribution in [0.4, 0.5) is 0 Å². The minimum Gasteiger partial charge on any atom is -0.444 e. The van der Waals surface area contributed by atoms with Gasteiger partial charge in [0.25, 0.3) is 0 Å². The molecule has 6 nitrogen and oxygen atoms in total. The van der Waals surface area contributed by atoms with Crippen LogP contribution in [-0.4, -0.2) is 36.1 Å². The Morgan fingerprint density at radius 1 is 1.04 bits per heavy atom. The monoisotopic (exact) mass is 511 g/mol. The molecule has 2 heterocycles. The second-order valence-corrected chi connectivity index (χ2v) is 7.36. The average Bonchev–Trinajstić information content (AvgIpc) is 3.30. The molecule has 0 aliphatic rings. The Morgan fingerprint density at radius 3 is 2.32 bits per heavy atom. The fourth-order valence-corrected chi connectivity index (χ4v) is 3.26. The van der Waals surface area contributed by atoms with Crippen molar-refractivity contribution in [2.24, 2.45) is 4.99 Å². The van der Waals surface area contributed by atoms with E-state index in [0.29, 0.717) is 5.89 Å². The molecule has 0 aliphatic heterocycles. The molecule has 0 unspecified atom stereocenters. The van der Waals surface area contributed by atoms with E-state index in [1.807, 2.05) is 19.1 Å². The largest absolute Gasteiger partial charge is 0.444 e. The Kier molecular flexibility index (Phi) is 8.91. The number of oxazole rings is 1. The molecule has 2 N–H and O–H groups in total. The molecule has 0 amide bonds. The van der Waals surface area contributed by atoms with Crippen molar-refractivity contribution in [1.82, 2.24) is 20.6 Å². The summed E-state index contributed by atoms with van der Waals surface area (Å²) in [5.41, 5.74) is 4.26. The summed E-state index contributed by atoms with van der Waals surface area (Å²) in [5, 5.41) is 9.82. The fourth-order valence-electron chi connectivity index (χ4n) is 2.61. The topological polar surface area (TPSA) is 75.3 Å². The number of thiazole rings is 1. The van der Waals surface area contributed by atoms with E-state index >= 15 is 0 Å². The number of nitrogens with one attached hydrogen (secondary N) is 2. The first kappa shape index (κ1) is 22.4. The van der Waals surface area contributed by atoms with Gasteiger partial charge in [-0.25, -0.2) is 9.97 Å². The van der Waals surface area contributed by atoms with Crippen LogP contribution in [0.3, 0.4) is 0 Å². The quantitative estimate of drug-likeness (QED) is 0.285. The summed E-state index contributed by atoms with van der Waals surface area (Å²) >= 11 is 1.68. The van der Waals surface area contributed by atoms with Gasteiger partial charge in [-0.05, 0) is 26.0 Å². The fraction of sp³-hybridized carbons (Fsp3) is 0.350. The molecule has 150 valence electrons. The highest BCUT2D eigenvalue weighted by Crippen LogP contribution is 2.19. The van der Waals surface area contributed by atoms with Crippen molar-refractivity contribution < 1.29 is 4.42 Å². The van der Waals surface area contributed by atoms with Gasteiger partial charge in [0, 0.05) is 43.9 Å². The zero-order valence-corrected chi connectivity index (χ0v) is 19.5. The summed E-state index contributed by atoms with van der Waals surface area (Å²) in [4.78, 5) is 13.3. The number of nitrogens with zero attached hydrogens (tertiary/aromatic N) is 3. The number of aryl methyl sites for hydroxylation is 2. The van der Waals surface area contributed by atoms with Crippen LogP contribution in [0, 0.1) is 13.8 Å². The number of hydrogen-bond acceptors (Lipinski definition) is 5. The van der Waals surface area contributed by atoms with Gasteiger partial charge in [0.05, 0.1) is 16.4 Å². The Hall–Kier alpha value is -1.94. The second-order valence-electron chi connectivity index (χ2n) is 6.29. The zero-order valence-electron chi connectivity index (χ0n) is 16.4. The van der Waals surface area contributed by atoms with Crippen LogP contribution in [-0.2, 0) is 12.8 Å². The molecule has 1 aromatic carbocycles. The number of halogens is 1. The van der Waals surface area contributed by atoms with Gasteiger partial charge in [-0.2, -0.15) is 0 Å². The van der Waals surface area contributed by atoms with Crippen LogP contribution in [0.1, 0.15) is 22.0 Å². The first-order chi connectivity index (χ1) is 13.1. The first-order valence-electron chi connectivity index (χ1n) is 9.01. The Bertz CT molecular complexity index is 888. The minimum absolute atomic E-state index is 0. The Morgan fingerprint density at radius 2 is 1.71 bits per heavy atom. The molecule has 0 bridgehead atoms. The van der Waals surface area contributed by atoms with Crippen LogP contribution in [0.25, 0.3) is 11.5 Å². The van der Waals surface area contributed by atoms with Crippen LogP contribution in [0.5, 0.6) is 0 Å². The molecular formula is C20H26IN5OS. The molecule has 2 aromatic heterocycles. The van der Waals surface area contributed by atoms with Crippen molar-refractivity contribution in [2.45, 2.75) is 26.7 Å². The summed E-state index contributed by atoms with van der Waals surface area (Å²) in [6, 6.07) is 8.17.